The number of rotatable bonds is 6. The smallest absolute Gasteiger partial charge is 0.172 e. The Morgan fingerprint density at radius 2 is 1.96 bits per heavy atom. The maximum atomic E-state index is 8.83. The van der Waals surface area contributed by atoms with E-state index in [0.29, 0.717) is 5.56 Å². The second-order valence-corrected chi connectivity index (χ2v) is 7.02. The fourth-order valence-electron chi connectivity index (χ4n) is 2.84. The van der Waals surface area contributed by atoms with Gasteiger partial charge < -0.3 is 5.32 Å². The van der Waals surface area contributed by atoms with Crippen LogP contribution in [0.15, 0.2) is 60.1 Å². The molecule has 1 N–H and O–H groups in total. The van der Waals surface area contributed by atoms with E-state index in [-0.39, 0.29) is 0 Å². The van der Waals surface area contributed by atoms with E-state index in [1.54, 1.807) is 23.6 Å². The number of hydrogen-bond acceptors (Lipinski definition) is 6. The monoisotopic (exact) mass is 371 g/mol. The van der Waals surface area contributed by atoms with Crippen LogP contribution in [-0.4, -0.2) is 21.5 Å². The Hall–Kier alpha value is -3.30. The fourth-order valence-corrected chi connectivity index (χ4v) is 3.50. The molecule has 0 aliphatic heterocycles. The first-order valence-corrected chi connectivity index (χ1v) is 9.61. The summed E-state index contributed by atoms with van der Waals surface area (Å²) in [5.41, 5.74) is 2.51. The molecule has 1 aromatic carbocycles. The van der Waals surface area contributed by atoms with Crippen LogP contribution >= 0.6 is 11.3 Å². The van der Waals surface area contributed by atoms with Crippen molar-refractivity contribution >= 4 is 28.1 Å². The van der Waals surface area contributed by atoms with Crippen molar-refractivity contribution in [2.24, 2.45) is 0 Å². The molecule has 3 heterocycles. The van der Waals surface area contributed by atoms with Gasteiger partial charge >= 0.3 is 0 Å². The van der Waals surface area contributed by atoms with Crippen molar-refractivity contribution in [2.45, 2.75) is 12.8 Å². The average Bonchev–Trinajstić information content (AvgIpc) is 3.26. The highest BCUT2D eigenvalue weighted by atomic mass is 32.1. The maximum absolute atomic E-state index is 8.83. The summed E-state index contributed by atoms with van der Waals surface area (Å²) in [7, 11) is 0. The number of para-hydroxylation sites is 1. The van der Waals surface area contributed by atoms with Crippen LogP contribution in [0.1, 0.15) is 17.7 Å². The van der Waals surface area contributed by atoms with Crippen LogP contribution < -0.4 is 5.32 Å². The largest absolute Gasteiger partial charge is 0.369 e. The molecule has 27 heavy (non-hydrogen) atoms. The van der Waals surface area contributed by atoms with Gasteiger partial charge in [0.1, 0.15) is 11.9 Å². The summed E-state index contributed by atoms with van der Waals surface area (Å²) in [4.78, 5) is 14.8. The normalized spacial score (nSPS) is 10.6. The van der Waals surface area contributed by atoms with Crippen molar-refractivity contribution < 1.29 is 0 Å². The zero-order valence-electron chi connectivity index (χ0n) is 14.6. The predicted octanol–water partition coefficient (Wildman–Crippen LogP) is 4.67. The summed E-state index contributed by atoms with van der Waals surface area (Å²) in [5, 5.41) is 15.3. The predicted molar refractivity (Wildman–Crippen MR) is 109 cm³/mol. The van der Waals surface area contributed by atoms with Crippen LogP contribution in [0.3, 0.4) is 0 Å². The second-order valence-electron chi connectivity index (χ2n) is 6.07. The zero-order chi connectivity index (χ0) is 18.5. The Morgan fingerprint density at radius 3 is 2.74 bits per heavy atom. The molecular formula is C21H17N5S. The molecule has 0 radical (unpaired) electrons. The van der Waals surface area contributed by atoms with Crippen LogP contribution in [0, 0.1) is 11.3 Å². The SMILES string of the molecule is N#Cc1ccc(CCCNc2nc(-c3cccs3)nc3ccccc23)nc1. The molecule has 3 aromatic heterocycles. The Morgan fingerprint density at radius 1 is 1.04 bits per heavy atom. The number of hydrogen-bond donors (Lipinski definition) is 1. The van der Waals surface area contributed by atoms with Gasteiger partial charge in [-0.15, -0.1) is 11.3 Å². The maximum Gasteiger partial charge on any atom is 0.172 e. The number of nitrogens with zero attached hydrogens (tertiary/aromatic N) is 4. The molecule has 0 fully saturated rings. The van der Waals surface area contributed by atoms with Gasteiger partial charge in [-0.25, -0.2) is 9.97 Å². The third-order valence-corrected chi connectivity index (χ3v) is 5.07. The fraction of sp³-hybridized carbons (Fsp3) is 0.143. The van der Waals surface area contributed by atoms with Crippen molar-refractivity contribution in [2.75, 3.05) is 11.9 Å². The molecule has 0 atom stereocenters. The first-order chi connectivity index (χ1) is 13.3. The van der Waals surface area contributed by atoms with Gasteiger partial charge in [-0.05, 0) is 48.6 Å². The van der Waals surface area contributed by atoms with E-state index in [1.807, 2.05) is 47.8 Å². The van der Waals surface area contributed by atoms with Gasteiger partial charge in [-0.2, -0.15) is 5.26 Å². The molecule has 6 heteroatoms. The highest BCUT2D eigenvalue weighted by Gasteiger charge is 2.09. The lowest BCUT2D eigenvalue weighted by atomic mass is 10.2. The van der Waals surface area contributed by atoms with Gasteiger partial charge in [0.25, 0.3) is 0 Å². The molecule has 0 spiro atoms. The van der Waals surface area contributed by atoms with Gasteiger partial charge in [0, 0.05) is 23.8 Å². The molecule has 4 rings (SSSR count). The Kier molecular flexibility index (Phi) is 5.04. The third-order valence-electron chi connectivity index (χ3n) is 4.20. The number of pyridine rings is 1. The number of thiophene rings is 1. The van der Waals surface area contributed by atoms with Crippen molar-refractivity contribution in [3.8, 4) is 16.8 Å². The molecular weight excluding hydrogens is 354 g/mol. The summed E-state index contributed by atoms with van der Waals surface area (Å²) in [6, 6.07) is 17.9. The van der Waals surface area contributed by atoms with Crippen LogP contribution in [-0.2, 0) is 6.42 Å². The Bertz CT molecular complexity index is 1080. The molecule has 0 saturated carbocycles. The van der Waals surface area contributed by atoms with Crippen molar-refractivity contribution in [3.63, 3.8) is 0 Å². The van der Waals surface area contributed by atoms with Crippen molar-refractivity contribution in [1.82, 2.24) is 15.0 Å². The highest BCUT2D eigenvalue weighted by Crippen LogP contribution is 2.27. The minimum Gasteiger partial charge on any atom is -0.369 e. The van der Waals surface area contributed by atoms with E-state index in [2.05, 4.69) is 16.4 Å². The molecule has 0 amide bonds. The van der Waals surface area contributed by atoms with E-state index in [9.17, 15) is 0 Å². The average molecular weight is 371 g/mol. The molecule has 4 aromatic rings. The first kappa shape index (κ1) is 17.1. The zero-order valence-corrected chi connectivity index (χ0v) is 15.4. The van der Waals surface area contributed by atoms with Crippen LogP contribution in [0.5, 0.6) is 0 Å². The Balaban J connectivity index is 1.48. The molecule has 5 nitrogen and oxygen atoms in total. The van der Waals surface area contributed by atoms with E-state index in [1.165, 1.54) is 0 Å². The van der Waals surface area contributed by atoms with Crippen LogP contribution in [0.2, 0.25) is 0 Å². The van der Waals surface area contributed by atoms with Crippen molar-refractivity contribution in [1.29, 1.82) is 5.26 Å². The van der Waals surface area contributed by atoms with E-state index in [0.717, 1.165) is 52.5 Å². The Labute approximate surface area is 161 Å². The molecule has 0 aliphatic carbocycles. The van der Waals surface area contributed by atoms with Crippen molar-refractivity contribution in [3.05, 3.63) is 71.4 Å². The molecule has 132 valence electrons. The molecule has 0 unspecified atom stereocenters. The number of fused-ring (bicyclic) bond motifs is 1. The number of nitrogens with one attached hydrogen (secondary N) is 1. The number of aryl methyl sites for hydroxylation is 1. The third kappa shape index (κ3) is 3.94. The van der Waals surface area contributed by atoms with Gasteiger partial charge in [0.15, 0.2) is 5.82 Å². The second kappa shape index (κ2) is 7.94. The summed E-state index contributed by atoms with van der Waals surface area (Å²) < 4.78 is 0. The topological polar surface area (TPSA) is 74.5 Å². The summed E-state index contributed by atoms with van der Waals surface area (Å²) in [6.07, 6.45) is 3.39. The first-order valence-electron chi connectivity index (χ1n) is 8.73. The molecule has 0 saturated heterocycles. The number of anilines is 1. The van der Waals surface area contributed by atoms with Crippen LogP contribution in [0.4, 0.5) is 5.82 Å². The van der Waals surface area contributed by atoms with E-state index < -0.39 is 0 Å². The lowest BCUT2D eigenvalue weighted by Gasteiger charge is -2.10. The standard InChI is InChI=1S/C21H17N5S/c22-13-15-9-10-16(24-14-15)5-3-11-23-20-17-6-1-2-7-18(17)25-21(26-20)19-8-4-12-27-19/h1-2,4,6-10,12,14H,3,5,11H2,(H,23,25,26). The number of aromatic nitrogens is 3. The summed E-state index contributed by atoms with van der Waals surface area (Å²) in [6.45, 7) is 0.784. The minimum atomic E-state index is 0.588. The van der Waals surface area contributed by atoms with E-state index >= 15 is 0 Å². The van der Waals surface area contributed by atoms with Gasteiger partial charge in [-0.3, -0.25) is 4.98 Å². The lowest BCUT2D eigenvalue weighted by molar-refractivity contribution is 0.833. The quantitative estimate of drug-likeness (QED) is 0.499. The molecule has 0 bridgehead atoms. The summed E-state index contributed by atoms with van der Waals surface area (Å²) in [5.74, 6) is 1.61. The molecule has 0 aliphatic rings. The minimum absolute atomic E-state index is 0.588. The van der Waals surface area contributed by atoms with Crippen LogP contribution in [0.25, 0.3) is 21.6 Å². The summed E-state index contributed by atoms with van der Waals surface area (Å²) >= 11 is 1.64. The van der Waals surface area contributed by atoms with Gasteiger partial charge in [0.05, 0.1) is 16.0 Å². The van der Waals surface area contributed by atoms with Gasteiger partial charge in [-0.1, -0.05) is 18.2 Å². The lowest BCUT2D eigenvalue weighted by Crippen LogP contribution is -2.07. The highest BCUT2D eigenvalue weighted by molar-refractivity contribution is 7.13. The van der Waals surface area contributed by atoms with E-state index in [4.69, 9.17) is 15.2 Å². The van der Waals surface area contributed by atoms with Gasteiger partial charge in [0.2, 0.25) is 0 Å². The number of benzene rings is 1. The number of nitriles is 1.